The zero-order chi connectivity index (χ0) is 14.5. The number of hydrogen-bond acceptors (Lipinski definition) is 3. The lowest BCUT2D eigenvalue weighted by atomic mass is 9.93. The van der Waals surface area contributed by atoms with E-state index in [0.717, 1.165) is 5.56 Å². The molecule has 0 saturated carbocycles. The molecule has 0 aliphatic carbocycles. The fraction of sp³-hybridized carbons (Fsp3) is 0.462. The summed E-state index contributed by atoms with van der Waals surface area (Å²) in [7, 11) is 0. The molecule has 1 atom stereocenters. The Morgan fingerprint density at radius 2 is 1.89 bits per heavy atom. The first-order valence-electron chi connectivity index (χ1n) is 5.78. The highest BCUT2D eigenvalue weighted by Crippen LogP contribution is 2.23. The first kappa shape index (κ1) is 15.5. The molecule has 0 aliphatic rings. The van der Waals surface area contributed by atoms with Crippen LogP contribution in [0.3, 0.4) is 0 Å². The second-order valence-corrected chi connectivity index (χ2v) is 4.22. The minimum absolute atomic E-state index is 0.0512. The number of carbonyl (C=O) groups excluding carboxylic acids is 1. The van der Waals surface area contributed by atoms with E-state index in [1.807, 2.05) is 0 Å². The third kappa shape index (κ3) is 5.74. The molecule has 1 rings (SSSR count). The Labute approximate surface area is 109 Å². The third-order valence-electron chi connectivity index (χ3n) is 2.69. The third-order valence-corrected chi connectivity index (χ3v) is 2.69. The van der Waals surface area contributed by atoms with Crippen LogP contribution >= 0.6 is 0 Å². The molecule has 1 N–H and O–H groups in total. The van der Waals surface area contributed by atoms with Crippen molar-refractivity contribution in [2.24, 2.45) is 5.92 Å². The molecule has 1 aromatic rings. The Hall–Kier alpha value is -1.56. The topological polar surface area (TPSA) is 46.5 Å². The summed E-state index contributed by atoms with van der Waals surface area (Å²) in [4.78, 5) is 11.3. The van der Waals surface area contributed by atoms with Crippen molar-refractivity contribution in [2.75, 3.05) is 6.61 Å². The number of benzene rings is 1. The fourth-order valence-corrected chi connectivity index (χ4v) is 1.72. The summed E-state index contributed by atoms with van der Waals surface area (Å²) in [6.07, 6.45) is -3.97. The fourth-order valence-electron chi connectivity index (χ4n) is 1.72. The zero-order valence-electron chi connectivity index (χ0n) is 10.4. The molecule has 3 nitrogen and oxygen atoms in total. The molecule has 0 amide bonds. The molecule has 0 aromatic heterocycles. The lowest BCUT2D eigenvalue weighted by Gasteiger charge is -2.13. The lowest BCUT2D eigenvalue weighted by Crippen LogP contribution is -2.17. The summed E-state index contributed by atoms with van der Waals surface area (Å²) in [6.45, 7) is 1.33. The van der Waals surface area contributed by atoms with Gasteiger partial charge in [0, 0.05) is 12.5 Å². The van der Waals surface area contributed by atoms with Crippen molar-refractivity contribution in [2.45, 2.75) is 26.1 Å². The van der Waals surface area contributed by atoms with Gasteiger partial charge in [0.15, 0.2) is 0 Å². The molecular formula is C13H15F3O3. The van der Waals surface area contributed by atoms with Crippen LogP contribution in [0.2, 0.25) is 0 Å². The number of rotatable bonds is 6. The molecular weight excluding hydrogens is 261 g/mol. The summed E-state index contributed by atoms with van der Waals surface area (Å²) in [5.74, 6) is -0.665. The van der Waals surface area contributed by atoms with Crippen molar-refractivity contribution in [1.82, 2.24) is 0 Å². The van der Waals surface area contributed by atoms with Gasteiger partial charge in [0.05, 0.1) is 0 Å². The van der Waals surface area contributed by atoms with Crippen LogP contribution in [0.4, 0.5) is 13.2 Å². The number of halogens is 3. The van der Waals surface area contributed by atoms with E-state index in [1.54, 1.807) is 0 Å². The summed E-state index contributed by atoms with van der Waals surface area (Å²) in [6, 6.07) is 5.38. The van der Waals surface area contributed by atoms with Gasteiger partial charge in [-0.25, -0.2) is 0 Å². The molecule has 1 unspecified atom stereocenters. The van der Waals surface area contributed by atoms with E-state index in [9.17, 15) is 18.0 Å². The first-order valence-corrected chi connectivity index (χ1v) is 5.78. The highest BCUT2D eigenvalue weighted by molar-refractivity contribution is 5.78. The number of ether oxygens (including phenoxy) is 1. The minimum atomic E-state index is -4.71. The van der Waals surface area contributed by atoms with Crippen molar-refractivity contribution in [3.05, 3.63) is 29.8 Å². The number of aliphatic hydroxyl groups is 1. The summed E-state index contributed by atoms with van der Waals surface area (Å²) >= 11 is 0. The second-order valence-electron chi connectivity index (χ2n) is 4.22. The van der Waals surface area contributed by atoms with E-state index in [2.05, 4.69) is 4.74 Å². The van der Waals surface area contributed by atoms with Crippen LogP contribution in [-0.4, -0.2) is 23.9 Å². The van der Waals surface area contributed by atoms with Crippen LogP contribution < -0.4 is 4.74 Å². The quantitative estimate of drug-likeness (QED) is 0.869. The number of Topliss-reactive ketones (excluding diaryl/α,β-unsaturated/α-hetero) is 1. The minimum Gasteiger partial charge on any atom is -0.406 e. The van der Waals surface area contributed by atoms with E-state index in [4.69, 9.17) is 5.11 Å². The van der Waals surface area contributed by atoms with Crippen molar-refractivity contribution in [1.29, 1.82) is 0 Å². The van der Waals surface area contributed by atoms with E-state index in [-0.39, 0.29) is 24.1 Å². The number of hydrogen-bond donors (Lipinski definition) is 1. The van der Waals surface area contributed by atoms with Gasteiger partial charge in [-0.05, 0) is 37.5 Å². The number of alkyl halides is 3. The Bertz CT molecular complexity index is 412. The predicted octanol–water partition coefficient (Wildman–Crippen LogP) is 2.72. The Morgan fingerprint density at radius 1 is 1.32 bits per heavy atom. The maximum absolute atomic E-state index is 12.0. The monoisotopic (exact) mass is 276 g/mol. The average Bonchev–Trinajstić information content (AvgIpc) is 2.29. The maximum atomic E-state index is 12.0. The maximum Gasteiger partial charge on any atom is 0.573 e. The van der Waals surface area contributed by atoms with Crippen LogP contribution in [0.1, 0.15) is 18.9 Å². The standard InChI is InChI=1S/C13H15F3O3/c1-9(18)11(6-7-17)8-10-2-4-12(5-3-10)19-13(14,15)16/h2-5,11,17H,6-8H2,1H3. The zero-order valence-corrected chi connectivity index (χ0v) is 10.4. The van der Waals surface area contributed by atoms with Crippen molar-refractivity contribution in [3.8, 4) is 5.75 Å². The van der Waals surface area contributed by atoms with Crippen LogP contribution in [0, 0.1) is 5.92 Å². The van der Waals surface area contributed by atoms with Gasteiger partial charge in [0.1, 0.15) is 11.5 Å². The SMILES string of the molecule is CC(=O)C(CCO)Cc1ccc(OC(F)(F)F)cc1. The normalized spacial score (nSPS) is 13.1. The molecule has 0 radical (unpaired) electrons. The van der Waals surface area contributed by atoms with Crippen LogP contribution in [0.15, 0.2) is 24.3 Å². The molecule has 6 heteroatoms. The number of carbonyl (C=O) groups is 1. The van der Waals surface area contributed by atoms with Gasteiger partial charge in [-0.15, -0.1) is 13.2 Å². The van der Waals surface area contributed by atoms with Crippen molar-refractivity contribution < 1.29 is 27.8 Å². The Morgan fingerprint density at radius 3 is 2.32 bits per heavy atom. The van der Waals surface area contributed by atoms with E-state index in [0.29, 0.717) is 12.8 Å². The van der Waals surface area contributed by atoms with Gasteiger partial charge in [-0.1, -0.05) is 12.1 Å². The highest BCUT2D eigenvalue weighted by Gasteiger charge is 2.30. The molecule has 0 heterocycles. The summed E-state index contributed by atoms with van der Waals surface area (Å²) in [5.41, 5.74) is 0.725. The van der Waals surface area contributed by atoms with E-state index < -0.39 is 6.36 Å². The second kappa shape index (κ2) is 6.56. The number of aliphatic hydroxyl groups excluding tert-OH is 1. The van der Waals surface area contributed by atoms with Crippen molar-refractivity contribution in [3.63, 3.8) is 0 Å². The predicted molar refractivity (Wildman–Crippen MR) is 62.7 cm³/mol. The molecule has 0 fully saturated rings. The Balaban J connectivity index is 2.68. The average molecular weight is 276 g/mol. The number of ketones is 1. The molecule has 0 bridgehead atoms. The van der Waals surface area contributed by atoms with Gasteiger partial charge in [0.25, 0.3) is 0 Å². The first-order chi connectivity index (χ1) is 8.81. The summed E-state index contributed by atoms with van der Waals surface area (Å²) in [5, 5.41) is 8.84. The van der Waals surface area contributed by atoms with E-state index in [1.165, 1.54) is 31.2 Å². The van der Waals surface area contributed by atoms with E-state index >= 15 is 0 Å². The molecule has 19 heavy (non-hydrogen) atoms. The molecule has 0 aliphatic heterocycles. The van der Waals surface area contributed by atoms with Gasteiger partial charge < -0.3 is 9.84 Å². The van der Waals surface area contributed by atoms with Crippen LogP contribution in [0.5, 0.6) is 5.75 Å². The molecule has 0 spiro atoms. The highest BCUT2D eigenvalue weighted by atomic mass is 19.4. The van der Waals surface area contributed by atoms with Gasteiger partial charge in [-0.2, -0.15) is 0 Å². The van der Waals surface area contributed by atoms with Crippen LogP contribution in [0.25, 0.3) is 0 Å². The van der Waals surface area contributed by atoms with Crippen LogP contribution in [-0.2, 0) is 11.2 Å². The largest absolute Gasteiger partial charge is 0.573 e. The van der Waals surface area contributed by atoms with Gasteiger partial charge in [0.2, 0.25) is 0 Å². The molecule has 1 aromatic carbocycles. The molecule has 0 saturated heterocycles. The van der Waals surface area contributed by atoms with Gasteiger partial charge in [-0.3, -0.25) is 4.79 Å². The summed E-state index contributed by atoms with van der Waals surface area (Å²) < 4.78 is 39.6. The van der Waals surface area contributed by atoms with Gasteiger partial charge >= 0.3 is 6.36 Å². The lowest BCUT2D eigenvalue weighted by molar-refractivity contribution is -0.274. The van der Waals surface area contributed by atoms with Crippen molar-refractivity contribution >= 4 is 5.78 Å². The Kier molecular flexibility index (Phi) is 5.35. The smallest absolute Gasteiger partial charge is 0.406 e. The molecule has 106 valence electrons.